The number of rotatable bonds is 8. The Morgan fingerprint density at radius 3 is 2.74 bits per heavy atom. The van der Waals surface area contributed by atoms with Crippen molar-refractivity contribution in [1.82, 2.24) is 24.8 Å². The molecule has 8 nitrogen and oxygen atoms in total. The van der Waals surface area contributed by atoms with E-state index in [9.17, 15) is 9.59 Å². The number of fused-ring (bicyclic) bond motifs is 1. The summed E-state index contributed by atoms with van der Waals surface area (Å²) in [5.41, 5.74) is 1.67. The second kappa shape index (κ2) is 9.16. The average molecular weight is 422 g/mol. The second-order valence-corrected chi connectivity index (χ2v) is 7.73. The number of nitrogens with zero attached hydrogens (tertiary/aromatic N) is 4. The van der Waals surface area contributed by atoms with E-state index in [0.29, 0.717) is 12.4 Å². The highest BCUT2D eigenvalue weighted by Gasteiger charge is 2.44. The fourth-order valence-corrected chi connectivity index (χ4v) is 4.14. The zero-order valence-electron chi connectivity index (χ0n) is 17.8. The number of hydrogen-bond acceptors (Lipinski definition) is 5. The van der Waals surface area contributed by atoms with E-state index in [-0.39, 0.29) is 30.8 Å². The van der Waals surface area contributed by atoms with Gasteiger partial charge in [-0.3, -0.25) is 14.0 Å². The smallest absolute Gasteiger partial charge is 0.226 e. The molecule has 1 N–H and O–H groups in total. The van der Waals surface area contributed by atoms with Gasteiger partial charge in [-0.1, -0.05) is 31.5 Å². The molecule has 1 aliphatic rings. The van der Waals surface area contributed by atoms with Crippen LogP contribution < -0.4 is 10.1 Å². The van der Waals surface area contributed by atoms with Crippen LogP contribution in [0.1, 0.15) is 43.6 Å². The van der Waals surface area contributed by atoms with Crippen molar-refractivity contribution in [2.45, 2.75) is 38.8 Å². The van der Waals surface area contributed by atoms with Gasteiger partial charge in [0.25, 0.3) is 0 Å². The van der Waals surface area contributed by atoms with Crippen LogP contribution in [0.2, 0.25) is 0 Å². The van der Waals surface area contributed by atoms with Crippen LogP contribution >= 0.6 is 0 Å². The van der Waals surface area contributed by atoms with Gasteiger partial charge in [0.1, 0.15) is 5.75 Å². The third-order valence-electron chi connectivity index (χ3n) is 5.78. The normalized spacial score (nSPS) is 18.5. The van der Waals surface area contributed by atoms with Gasteiger partial charge in [-0.15, -0.1) is 10.2 Å². The molecule has 0 radical (unpaired) electrons. The van der Waals surface area contributed by atoms with E-state index < -0.39 is 5.92 Å². The van der Waals surface area contributed by atoms with Crippen LogP contribution in [-0.4, -0.2) is 45.0 Å². The summed E-state index contributed by atoms with van der Waals surface area (Å²) in [6, 6.07) is 13.0. The van der Waals surface area contributed by atoms with Crippen LogP contribution in [0, 0.1) is 5.92 Å². The number of benzene rings is 1. The van der Waals surface area contributed by atoms with Gasteiger partial charge in [0.2, 0.25) is 11.8 Å². The zero-order chi connectivity index (χ0) is 21.8. The van der Waals surface area contributed by atoms with Crippen molar-refractivity contribution in [2.75, 3.05) is 13.7 Å². The molecule has 0 spiro atoms. The topological polar surface area (TPSA) is 88.8 Å². The lowest BCUT2D eigenvalue weighted by molar-refractivity contribution is -0.129. The number of pyridine rings is 1. The molecular weight excluding hydrogens is 394 g/mol. The van der Waals surface area contributed by atoms with Crippen LogP contribution in [0.25, 0.3) is 5.65 Å². The number of aromatic nitrogens is 3. The highest BCUT2D eigenvalue weighted by atomic mass is 16.5. The van der Waals surface area contributed by atoms with Crippen LogP contribution in [0.3, 0.4) is 0 Å². The van der Waals surface area contributed by atoms with Gasteiger partial charge in [-0.25, -0.2) is 0 Å². The highest BCUT2D eigenvalue weighted by Crippen LogP contribution is 2.39. The zero-order valence-corrected chi connectivity index (χ0v) is 17.8. The lowest BCUT2D eigenvalue weighted by Crippen LogP contribution is -2.36. The molecule has 1 aliphatic heterocycles. The number of methoxy groups -OCH3 is 1. The minimum atomic E-state index is -0.461. The highest BCUT2D eigenvalue weighted by molar-refractivity contribution is 5.90. The second-order valence-electron chi connectivity index (χ2n) is 7.73. The number of carbonyl (C=O) groups is 2. The number of hydrogen-bond donors (Lipinski definition) is 1. The minimum Gasteiger partial charge on any atom is -0.497 e. The van der Waals surface area contributed by atoms with E-state index in [1.54, 1.807) is 7.11 Å². The average Bonchev–Trinajstić information content (AvgIpc) is 3.37. The first kappa shape index (κ1) is 20.8. The van der Waals surface area contributed by atoms with Gasteiger partial charge in [-0.05, 0) is 36.2 Å². The number of likely N-dealkylation sites (tertiary alicyclic amines) is 1. The summed E-state index contributed by atoms with van der Waals surface area (Å²) in [5, 5.41) is 11.3. The van der Waals surface area contributed by atoms with Crippen molar-refractivity contribution in [1.29, 1.82) is 0 Å². The van der Waals surface area contributed by atoms with Crippen molar-refractivity contribution in [3.63, 3.8) is 0 Å². The molecule has 3 aromatic rings. The molecule has 1 aromatic carbocycles. The molecule has 2 atom stereocenters. The first-order valence-corrected chi connectivity index (χ1v) is 10.6. The molecule has 3 heterocycles. The minimum absolute atomic E-state index is 0.0161. The quantitative estimate of drug-likeness (QED) is 0.604. The molecule has 0 aliphatic carbocycles. The van der Waals surface area contributed by atoms with E-state index in [2.05, 4.69) is 22.4 Å². The summed E-state index contributed by atoms with van der Waals surface area (Å²) in [5.74, 6) is 0.796. The number of amides is 2. The maximum absolute atomic E-state index is 13.2. The van der Waals surface area contributed by atoms with Crippen LogP contribution in [0.5, 0.6) is 5.75 Å². The van der Waals surface area contributed by atoms with Crippen LogP contribution in [0.4, 0.5) is 0 Å². The van der Waals surface area contributed by atoms with Gasteiger partial charge < -0.3 is 15.0 Å². The van der Waals surface area contributed by atoms with Crippen molar-refractivity contribution in [2.24, 2.45) is 5.92 Å². The van der Waals surface area contributed by atoms with Gasteiger partial charge in [0, 0.05) is 19.2 Å². The summed E-state index contributed by atoms with van der Waals surface area (Å²) in [7, 11) is 1.62. The Kier molecular flexibility index (Phi) is 6.16. The van der Waals surface area contributed by atoms with Crippen LogP contribution in [0.15, 0.2) is 48.7 Å². The maximum Gasteiger partial charge on any atom is 0.226 e. The standard InChI is InChI=1S/C23H27N5O3/c1-3-4-12-28-21(29)14-18(22(28)16-8-10-17(31-2)11-9-16)23(30)24-15-20-26-25-19-7-5-6-13-27(19)20/h5-11,13,18,22H,3-4,12,14-15H2,1-2H3,(H,24,30)/t18-,22-/m0/s1. The summed E-state index contributed by atoms with van der Waals surface area (Å²) in [6.07, 6.45) is 3.95. The van der Waals surface area contributed by atoms with E-state index in [4.69, 9.17) is 4.74 Å². The molecule has 2 amide bonds. The van der Waals surface area contributed by atoms with Gasteiger partial charge in [0.15, 0.2) is 11.5 Å². The Hall–Kier alpha value is -3.42. The van der Waals surface area contributed by atoms with E-state index in [1.165, 1.54) is 0 Å². The predicted octanol–water partition coefficient (Wildman–Crippen LogP) is 2.74. The molecule has 0 unspecified atom stereocenters. The molecule has 31 heavy (non-hydrogen) atoms. The monoisotopic (exact) mass is 421 g/mol. The third-order valence-corrected chi connectivity index (χ3v) is 5.78. The van der Waals surface area contributed by atoms with Crippen molar-refractivity contribution >= 4 is 17.5 Å². The largest absolute Gasteiger partial charge is 0.497 e. The molecule has 1 saturated heterocycles. The Balaban J connectivity index is 1.54. The first-order valence-electron chi connectivity index (χ1n) is 10.6. The molecule has 2 aromatic heterocycles. The number of unbranched alkanes of at least 4 members (excludes halogenated alkanes) is 1. The molecular formula is C23H27N5O3. The molecule has 4 rings (SSSR count). The fraction of sp³-hybridized carbons (Fsp3) is 0.391. The number of ether oxygens (including phenoxy) is 1. The summed E-state index contributed by atoms with van der Waals surface area (Å²) >= 11 is 0. The lowest BCUT2D eigenvalue weighted by Gasteiger charge is -2.28. The van der Waals surface area contributed by atoms with Crippen LogP contribution in [-0.2, 0) is 16.1 Å². The number of nitrogens with one attached hydrogen (secondary N) is 1. The summed E-state index contributed by atoms with van der Waals surface area (Å²) in [4.78, 5) is 27.8. The molecule has 0 saturated carbocycles. The van der Waals surface area contributed by atoms with E-state index >= 15 is 0 Å². The molecule has 162 valence electrons. The number of carbonyl (C=O) groups excluding carboxylic acids is 2. The Morgan fingerprint density at radius 2 is 2.00 bits per heavy atom. The molecule has 0 bridgehead atoms. The van der Waals surface area contributed by atoms with Crippen molar-refractivity contribution in [3.8, 4) is 5.75 Å². The Labute approximate surface area is 181 Å². The predicted molar refractivity (Wildman–Crippen MR) is 115 cm³/mol. The first-order chi connectivity index (χ1) is 15.1. The van der Waals surface area contributed by atoms with Crippen molar-refractivity contribution < 1.29 is 14.3 Å². The maximum atomic E-state index is 13.2. The van der Waals surface area contributed by atoms with Crippen molar-refractivity contribution in [3.05, 3.63) is 60.0 Å². The van der Waals surface area contributed by atoms with Gasteiger partial charge in [-0.2, -0.15) is 0 Å². The summed E-state index contributed by atoms with van der Waals surface area (Å²) in [6.45, 7) is 2.99. The lowest BCUT2D eigenvalue weighted by atomic mass is 9.92. The molecule has 8 heteroatoms. The Morgan fingerprint density at radius 1 is 1.19 bits per heavy atom. The van der Waals surface area contributed by atoms with Gasteiger partial charge in [0.05, 0.1) is 25.6 Å². The third kappa shape index (κ3) is 4.23. The SMILES string of the molecule is CCCCN1C(=O)C[C@H](C(=O)NCc2nnc3ccccn23)[C@@H]1c1ccc(OC)cc1. The Bertz CT molecular complexity index is 1060. The fourth-order valence-electron chi connectivity index (χ4n) is 4.14. The van der Waals surface area contributed by atoms with E-state index in [1.807, 2.05) is 58.0 Å². The van der Waals surface area contributed by atoms with Gasteiger partial charge >= 0.3 is 0 Å². The van der Waals surface area contributed by atoms with E-state index in [0.717, 1.165) is 29.8 Å². The molecule has 1 fully saturated rings. The summed E-state index contributed by atoms with van der Waals surface area (Å²) < 4.78 is 7.10.